The highest BCUT2D eigenvalue weighted by atomic mass is 16.5. The zero-order valence-corrected chi connectivity index (χ0v) is 12.1. The second-order valence-corrected chi connectivity index (χ2v) is 6.08. The smallest absolute Gasteiger partial charge is 0.303 e. The van der Waals surface area contributed by atoms with Crippen molar-refractivity contribution in [3.05, 3.63) is 0 Å². The molecular formula is C14H25NO4. The van der Waals surface area contributed by atoms with E-state index in [2.05, 4.69) is 12.2 Å². The molecule has 2 atom stereocenters. The number of carbonyl (C=O) groups is 2. The molecule has 1 saturated heterocycles. The molecule has 0 aromatic rings. The lowest BCUT2D eigenvalue weighted by Crippen LogP contribution is -2.35. The van der Waals surface area contributed by atoms with Gasteiger partial charge in [0.15, 0.2) is 0 Å². The van der Waals surface area contributed by atoms with Gasteiger partial charge in [-0.15, -0.1) is 0 Å². The summed E-state index contributed by atoms with van der Waals surface area (Å²) in [5.41, 5.74) is -0.508. The summed E-state index contributed by atoms with van der Waals surface area (Å²) in [6.45, 7) is 7.08. The lowest BCUT2D eigenvalue weighted by atomic mass is 9.85. The van der Waals surface area contributed by atoms with Crippen molar-refractivity contribution < 1.29 is 19.4 Å². The van der Waals surface area contributed by atoms with Gasteiger partial charge in [0.25, 0.3) is 0 Å². The predicted octanol–water partition coefficient (Wildman–Crippen LogP) is 1.81. The topological polar surface area (TPSA) is 75.6 Å². The fraction of sp³-hybridized carbons (Fsp3) is 0.857. The van der Waals surface area contributed by atoms with Gasteiger partial charge >= 0.3 is 5.97 Å². The van der Waals surface area contributed by atoms with Gasteiger partial charge in [-0.25, -0.2) is 0 Å². The highest BCUT2D eigenvalue weighted by Crippen LogP contribution is 2.25. The first kappa shape index (κ1) is 16.0. The summed E-state index contributed by atoms with van der Waals surface area (Å²) in [5, 5.41) is 11.7. The molecular weight excluding hydrogens is 246 g/mol. The highest BCUT2D eigenvalue weighted by Gasteiger charge is 2.28. The van der Waals surface area contributed by atoms with Crippen LogP contribution in [-0.4, -0.2) is 36.2 Å². The molecule has 19 heavy (non-hydrogen) atoms. The number of rotatable bonds is 7. The molecule has 5 nitrogen and oxygen atoms in total. The Labute approximate surface area is 114 Å². The molecule has 1 aliphatic heterocycles. The monoisotopic (exact) mass is 271 g/mol. The molecule has 5 heteroatoms. The maximum Gasteiger partial charge on any atom is 0.303 e. The molecule has 0 aromatic carbocycles. The number of carboxylic acids is 1. The standard InChI is InChI=1S/C14H25NO4/c1-4-11-10(5-6-19-11)9-15-12(16)7-14(2,3)8-13(17)18/h10-11H,4-9H2,1-3H3,(H,15,16)(H,17,18). The van der Waals surface area contributed by atoms with E-state index in [1.807, 2.05) is 0 Å². The van der Waals surface area contributed by atoms with Gasteiger partial charge in [-0.05, 0) is 18.3 Å². The van der Waals surface area contributed by atoms with Gasteiger partial charge in [0.1, 0.15) is 0 Å². The molecule has 2 N–H and O–H groups in total. The normalized spacial score (nSPS) is 23.3. The van der Waals surface area contributed by atoms with Crippen LogP contribution in [0.15, 0.2) is 0 Å². The van der Waals surface area contributed by atoms with Crippen LogP contribution in [0.4, 0.5) is 0 Å². The van der Waals surface area contributed by atoms with E-state index >= 15 is 0 Å². The van der Waals surface area contributed by atoms with Crippen molar-refractivity contribution in [1.29, 1.82) is 0 Å². The van der Waals surface area contributed by atoms with Gasteiger partial charge in [-0.1, -0.05) is 20.8 Å². The van der Waals surface area contributed by atoms with Crippen LogP contribution in [0, 0.1) is 11.3 Å². The van der Waals surface area contributed by atoms with Crippen molar-refractivity contribution in [2.24, 2.45) is 11.3 Å². The number of nitrogens with one attached hydrogen (secondary N) is 1. The van der Waals surface area contributed by atoms with Gasteiger partial charge in [0.2, 0.25) is 5.91 Å². The Morgan fingerprint density at radius 1 is 1.37 bits per heavy atom. The highest BCUT2D eigenvalue weighted by molar-refractivity contribution is 5.77. The summed E-state index contributed by atoms with van der Waals surface area (Å²) in [6, 6.07) is 0. The molecule has 1 aliphatic rings. The third-order valence-corrected chi connectivity index (χ3v) is 3.58. The van der Waals surface area contributed by atoms with E-state index in [0.29, 0.717) is 12.5 Å². The number of aliphatic carboxylic acids is 1. The van der Waals surface area contributed by atoms with E-state index in [-0.39, 0.29) is 24.9 Å². The first-order valence-corrected chi connectivity index (χ1v) is 6.94. The quantitative estimate of drug-likeness (QED) is 0.740. The van der Waals surface area contributed by atoms with E-state index in [0.717, 1.165) is 19.4 Å². The van der Waals surface area contributed by atoms with Crippen molar-refractivity contribution >= 4 is 11.9 Å². The lowest BCUT2D eigenvalue weighted by molar-refractivity contribution is -0.139. The van der Waals surface area contributed by atoms with Gasteiger partial charge < -0.3 is 15.2 Å². The molecule has 0 saturated carbocycles. The first-order chi connectivity index (χ1) is 8.84. The second kappa shape index (κ2) is 6.89. The average molecular weight is 271 g/mol. The number of hydrogen-bond donors (Lipinski definition) is 2. The fourth-order valence-corrected chi connectivity index (χ4v) is 2.59. The van der Waals surface area contributed by atoms with Crippen molar-refractivity contribution in [2.75, 3.05) is 13.2 Å². The summed E-state index contributed by atoms with van der Waals surface area (Å²) in [6.07, 6.45) is 2.43. The number of hydrogen-bond acceptors (Lipinski definition) is 3. The Bertz CT molecular complexity index is 327. The maximum absolute atomic E-state index is 11.8. The van der Waals surface area contributed by atoms with E-state index in [1.165, 1.54) is 0 Å². The van der Waals surface area contributed by atoms with Crippen LogP contribution >= 0.6 is 0 Å². The van der Waals surface area contributed by atoms with Crippen LogP contribution in [0.1, 0.15) is 46.5 Å². The number of carboxylic acid groups (broad SMARTS) is 1. The average Bonchev–Trinajstić information content (AvgIpc) is 2.70. The molecule has 0 aliphatic carbocycles. The number of ether oxygens (including phenoxy) is 1. The lowest BCUT2D eigenvalue weighted by Gasteiger charge is -2.23. The largest absolute Gasteiger partial charge is 0.481 e. The first-order valence-electron chi connectivity index (χ1n) is 6.94. The Hall–Kier alpha value is -1.10. The Kier molecular flexibility index (Phi) is 5.79. The van der Waals surface area contributed by atoms with Crippen LogP contribution in [0.2, 0.25) is 0 Å². The van der Waals surface area contributed by atoms with Gasteiger partial charge in [0, 0.05) is 25.5 Å². The van der Waals surface area contributed by atoms with E-state index in [4.69, 9.17) is 9.84 Å². The van der Waals surface area contributed by atoms with Crippen molar-refractivity contribution in [1.82, 2.24) is 5.32 Å². The maximum atomic E-state index is 11.8. The SMILES string of the molecule is CCC1OCCC1CNC(=O)CC(C)(C)CC(=O)O. The third-order valence-electron chi connectivity index (χ3n) is 3.58. The molecule has 1 fully saturated rings. The molecule has 1 heterocycles. The fourth-order valence-electron chi connectivity index (χ4n) is 2.59. The molecule has 0 radical (unpaired) electrons. The van der Waals surface area contributed by atoms with Gasteiger partial charge in [-0.2, -0.15) is 0 Å². The van der Waals surface area contributed by atoms with Crippen molar-refractivity contribution in [3.8, 4) is 0 Å². The molecule has 1 amide bonds. The van der Waals surface area contributed by atoms with Crippen molar-refractivity contribution in [2.45, 2.75) is 52.6 Å². The minimum Gasteiger partial charge on any atom is -0.481 e. The molecule has 1 rings (SSSR count). The molecule has 110 valence electrons. The minimum atomic E-state index is -0.868. The van der Waals surface area contributed by atoms with E-state index < -0.39 is 11.4 Å². The van der Waals surface area contributed by atoms with Crippen molar-refractivity contribution in [3.63, 3.8) is 0 Å². The molecule has 2 unspecified atom stereocenters. The predicted molar refractivity (Wildman–Crippen MR) is 71.8 cm³/mol. The Balaban J connectivity index is 2.33. The van der Waals surface area contributed by atoms with Crippen LogP contribution in [0.3, 0.4) is 0 Å². The Morgan fingerprint density at radius 2 is 2.05 bits per heavy atom. The summed E-state index contributed by atoms with van der Waals surface area (Å²) in [5.74, 6) is -0.558. The van der Waals surface area contributed by atoms with Crippen LogP contribution < -0.4 is 5.32 Å². The summed E-state index contributed by atoms with van der Waals surface area (Å²) in [4.78, 5) is 22.5. The Morgan fingerprint density at radius 3 is 2.63 bits per heavy atom. The third kappa shape index (κ3) is 5.59. The molecule has 0 spiro atoms. The summed E-state index contributed by atoms with van der Waals surface area (Å²) >= 11 is 0. The number of amides is 1. The molecule has 0 aromatic heterocycles. The molecule has 0 bridgehead atoms. The second-order valence-electron chi connectivity index (χ2n) is 6.08. The van der Waals surface area contributed by atoms with Crippen LogP contribution in [0.5, 0.6) is 0 Å². The van der Waals surface area contributed by atoms with Crippen LogP contribution in [0.25, 0.3) is 0 Å². The minimum absolute atomic E-state index is 0.00451. The van der Waals surface area contributed by atoms with E-state index in [1.54, 1.807) is 13.8 Å². The summed E-state index contributed by atoms with van der Waals surface area (Å²) in [7, 11) is 0. The summed E-state index contributed by atoms with van der Waals surface area (Å²) < 4.78 is 5.57. The zero-order valence-electron chi connectivity index (χ0n) is 12.1. The van der Waals surface area contributed by atoms with Gasteiger partial charge in [-0.3, -0.25) is 9.59 Å². The van der Waals surface area contributed by atoms with Gasteiger partial charge in [0.05, 0.1) is 12.5 Å². The van der Waals surface area contributed by atoms with Crippen LogP contribution in [-0.2, 0) is 14.3 Å². The number of carbonyl (C=O) groups excluding carboxylic acids is 1. The van der Waals surface area contributed by atoms with E-state index in [9.17, 15) is 9.59 Å². The zero-order chi connectivity index (χ0) is 14.5.